The number of pyridine rings is 1. The van der Waals surface area contributed by atoms with Crippen LogP contribution in [0.5, 0.6) is 0 Å². The van der Waals surface area contributed by atoms with Crippen molar-refractivity contribution in [3.05, 3.63) is 108 Å². The molecule has 8 nitrogen and oxygen atoms in total. The minimum atomic E-state index is -1.20. The maximum absolute atomic E-state index is 13.4. The number of halogens is 1. The molecule has 2 heterocycles. The molecule has 2 N–H and O–H groups in total. The van der Waals surface area contributed by atoms with Crippen LogP contribution in [-0.2, 0) is 32.9 Å². The van der Waals surface area contributed by atoms with E-state index in [0.29, 0.717) is 11.3 Å². The zero-order valence-corrected chi connectivity index (χ0v) is 21.1. The maximum atomic E-state index is 13.4. The van der Waals surface area contributed by atoms with E-state index < -0.39 is 29.2 Å². The number of nitrogens with one attached hydrogen (secondary N) is 2. The average Bonchev–Trinajstić information content (AvgIpc) is 3.44. The van der Waals surface area contributed by atoms with Gasteiger partial charge in [0.15, 0.2) is 0 Å². The molecule has 1 atom stereocenters. The number of aromatic nitrogens is 3. The Balaban J connectivity index is 1.51. The van der Waals surface area contributed by atoms with Gasteiger partial charge in [-0.1, -0.05) is 48.5 Å². The van der Waals surface area contributed by atoms with Gasteiger partial charge < -0.3 is 10.6 Å². The highest BCUT2D eigenvalue weighted by atomic mass is 19.1. The lowest BCUT2D eigenvalue weighted by atomic mass is 9.98. The van der Waals surface area contributed by atoms with Gasteiger partial charge in [0.05, 0.1) is 18.4 Å². The molecule has 9 heteroatoms. The monoisotopic (exact) mass is 513 g/mol. The minimum absolute atomic E-state index is 0.0857. The van der Waals surface area contributed by atoms with E-state index in [0.717, 1.165) is 11.1 Å². The molecule has 0 unspecified atom stereocenters. The van der Waals surface area contributed by atoms with Gasteiger partial charge in [-0.25, -0.2) is 4.39 Å². The van der Waals surface area contributed by atoms with Crippen molar-refractivity contribution < 1.29 is 18.8 Å². The van der Waals surface area contributed by atoms with Crippen LogP contribution >= 0.6 is 0 Å². The fourth-order valence-corrected chi connectivity index (χ4v) is 3.84. The number of carbonyl (C=O) groups is 3. The first-order chi connectivity index (χ1) is 18.2. The number of Topliss-reactive ketones (excluding diaryl/α,β-unsaturated/α-hetero) is 1. The van der Waals surface area contributed by atoms with Gasteiger partial charge in [-0.05, 0) is 49.2 Å². The van der Waals surface area contributed by atoms with E-state index in [1.807, 2.05) is 30.3 Å². The molecular weight excluding hydrogens is 485 g/mol. The van der Waals surface area contributed by atoms with Crippen molar-refractivity contribution in [1.29, 1.82) is 0 Å². The molecule has 0 fully saturated rings. The predicted molar refractivity (Wildman–Crippen MR) is 140 cm³/mol. The summed E-state index contributed by atoms with van der Waals surface area (Å²) in [6.45, 7) is 3.41. The lowest BCUT2D eigenvalue weighted by molar-refractivity contribution is -0.141. The van der Waals surface area contributed by atoms with Gasteiger partial charge in [-0.15, -0.1) is 0 Å². The average molecular weight is 514 g/mol. The second-order valence-corrected chi connectivity index (χ2v) is 9.32. The van der Waals surface area contributed by atoms with Gasteiger partial charge in [-0.3, -0.25) is 24.0 Å². The topological polar surface area (TPSA) is 106 Å². The molecule has 0 bridgehead atoms. The molecule has 38 heavy (non-hydrogen) atoms. The number of ketones is 1. The highest BCUT2D eigenvalue weighted by molar-refractivity contribution is 6.38. The third kappa shape index (κ3) is 6.36. The second kappa shape index (κ2) is 11.6. The van der Waals surface area contributed by atoms with Crippen LogP contribution in [-0.4, -0.2) is 38.4 Å². The Morgan fingerprint density at radius 1 is 0.947 bits per heavy atom. The molecule has 0 aliphatic carbocycles. The van der Waals surface area contributed by atoms with E-state index in [4.69, 9.17) is 0 Å². The van der Waals surface area contributed by atoms with Crippen LogP contribution in [0.1, 0.15) is 25.1 Å². The molecule has 194 valence electrons. The summed E-state index contributed by atoms with van der Waals surface area (Å²) in [5.74, 6) is -2.41. The van der Waals surface area contributed by atoms with E-state index >= 15 is 0 Å². The van der Waals surface area contributed by atoms with Crippen molar-refractivity contribution in [2.24, 2.45) is 0 Å². The molecule has 0 aliphatic heterocycles. The van der Waals surface area contributed by atoms with E-state index in [-0.39, 0.29) is 18.8 Å². The molecule has 2 amide bonds. The molecule has 0 radical (unpaired) electrons. The Morgan fingerprint density at radius 3 is 2.34 bits per heavy atom. The van der Waals surface area contributed by atoms with Gasteiger partial charge >= 0.3 is 0 Å². The molecule has 2 aromatic heterocycles. The van der Waals surface area contributed by atoms with Gasteiger partial charge in [0.2, 0.25) is 11.7 Å². The molecule has 0 aliphatic rings. The third-order valence-corrected chi connectivity index (χ3v) is 6.17. The molecule has 0 saturated carbocycles. The zero-order chi connectivity index (χ0) is 27.1. The normalized spacial score (nSPS) is 12.0. The van der Waals surface area contributed by atoms with E-state index in [1.165, 1.54) is 16.8 Å². The quantitative estimate of drug-likeness (QED) is 0.316. The maximum Gasteiger partial charge on any atom is 0.289 e. The molecule has 4 aromatic rings. The first-order valence-corrected chi connectivity index (χ1v) is 12.1. The molecule has 0 spiro atoms. The Bertz CT molecular complexity index is 1400. The smallest absolute Gasteiger partial charge is 0.289 e. The number of amides is 2. The summed E-state index contributed by atoms with van der Waals surface area (Å²) in [6, 6.07) is 19.3. The SMILES string of the molecule is CC(C)(C(=O)N[C@H](Cc1ccccc1)C(=O)C(=O)NCc1ccccn1)n1cc(-c2ccc(F)cc2)cn1. The Kier molecular flexibility index (Phi) is 8.06. The zero-order valence-electron chi connectivity index (χ0n) is 21.1. The lowest BCUT2D eigenvalue weighted by Gasteiger charge is -2.27. The number of carbonyl (C=O) groups excluding carboxylic acids is 3. The van der Waals surface area contributed by atoms with Gasteiger partial charge in [0.25, 0.3) is 5.91 Å². The molecule has 2 aromatic carbocycles. The van der Waals surface area contributed by atoms with Crippen LogP contribution in [0.15, 0.2) is 91.4 Å². The first kappa shape index (κ1) is 26.4. The Hall–Kier alpha value is -4.66. The summed E-state index contributed by atoms with van der Waals surface area (Å²) in [6.07, 6.45) is 5.00. The van der Waals surface area contributed by atoms with Crippen molar-refractivity contribution in [2.45, 2.75) is 38.4 Å². The van der Waals surface area contributed by atoms with Crippen LogP contribution in [0.4, 0.5) is 4.39 Å². The van der Waals surface area contributed by atoms with Crippen molar-refractivity contribution >= 4 is 17.6 Å². The summed E-state index contributed by atoms with van der Waals surface area (Å²) in [5, 5.41) is 9.68. The standard InChI is InChI=1S/C29H28FN5O3/c1-29(2,35-19-22(17-33-35)21-11-13-23(30)14-12-21)28(38)34-25(16-20-8-4-3-5-9-20)26(36)27(37)32-18-24-10-6-7-15-31-24/h3-15,17,19,25H,16,18H2,1-2H3,(H,32,37)(H,34,38)/t25-/m1/s1. The lowest BCUT2D eigenvalue weighted by Crippen LogP contribution is -2.54. The second-order valence-electron chi connectivity index (χ2n) is 9.32. The highest BCUT2D eigenvalue weighted by Crippen LogP contribution is 2.23. The van der Waals surface area contributed by atoms with Crippen LogP contribution in [0, 0.1) is 5.82 Å². The Morgan fingerprint density at radius 2 is 1.66 bits per heavy atom. The fourth-order valence-electron chi connectivity index (χ4n) is 3.84. The van der Waals surface area contributed by atoms with Crippen molar-refractivity contribution in [1.82, 2.24) is 25.4 Å². The summed E-state index contributed by atoms with van der Waals surface area (Å²) < 4.78 is 14.8. The summed E-state index contributed by atoms with van der Waals surface area (Å²) in [4.78, 5) is 43.5. The summed E-state index contributed by atoms with van der Waals surface area (Å²) in [5.41, 5.74) is 1.65. The predicted octanol–water partition coefficient (Wildman–Crippen LogP) is 3.43. The van der Waals surface area contributed by atoms with Crippen LogP contribution < -0.4 is 10.6 Å². The highest BCUT2D eigenvalue weighted by Gasteiger charge is 2.35. The molecule has 0 saturated heterocycles. The number of hydrogen-bond acceptors (Lipinski definition) is 5. The third-order valence-electron chi connectivity index (χ3n) is 6.17. The summed E-state index contributed by atoms with van der Waals surface area (Å²) >= 11 is 0. The first-order valence-electron chi connectivity index (χ1n) is 12.1. The van der Waals surface area contributed by atoms with Crippen LogP contribution in [0.3, 0.4) is 0 Å². The van der Waals surface area contributed by atoms with Crippen molar-refractivity contribution in [3.8, 4) is 11.1 Å². The van der Waals surface area contributed by atoms with Crippen LogP contribution in [0.2, 0.25) is 0 Å². The largest absolute Gasteiger partial charge is 0.344 e. The van der Waals surface area contributed by atoms with Gasteiger partial charge in [0, 0.05) is 24.4 Å². The molecular formula is C29H28FN5O3. The van der Waals surface area contributed by atoms with Crippen molar-refractivity contribution in [2.75, 3.05) is 0 Å². The van der Waals surface area contributed by atoms with E-state index in [1.54, 1.807) is 62.8 Å². The van der Waals surface area contributed by atoms with E-state index in [2.05, 4.69) is 20.7 Å². The number of hydrogen-bond donors (Lipinski definition) is 2. The number of nitrogens with zero attached hydrogens (tertiary/aromatic N) is 3. The number of benzene rings is 2. The molecule has 4 rings (SSSR count). The Labute approximate surface area is 219 Å². The minimum Gasteiger partial charge on any atom is -0.344 e. The van der Waals surface area contributed by atoms with Gasteiger partial charge in [-0.2, -0.15) is 5.10 Å². The van der Waals surface area contributed by atoms with Crippen LogP contribution in [0.25, 0.3) is 11.1 Å². The fraction of sp³-hybridized carbons (Fsp3) is 0.207. The number of rotatable bonds is 10. The van der Waals surface area contributed by atoms with E-state index in [9.17, 15) is 18.8 Å². The van der Waals surface area contributed by atoms with Crippen molar-refractivity contribution in [3.63, 3.8) is 0 Å². The summed E-state index contributed by atoms with van der Waals surface area (Å²) in [7, 11) is 0. The van der Waals surface area contributed by atoms with Gasteiger partial charge in [0.1, 0.15) is 17.4 Å².